The van der Waals surface area contributed by atoms with Crippen molar-refractivity contribution in [2.75, 3.05) is 10.6 Å². The molecule has 0 saturated heterocycles. The highest BCUT2D eigenvalue weighted by Gasteiger charge is 2.19. The third-order valence-corrected chi connectivity index (χ3v) is 3.31. The first-order valence-electron chi connectivity index (χ1n) is 7.27. The van der Waals surface area contributed by atoms with Gasteiger partial charge in [0.25, 0.3) is 0 Å². The molecule has 0 aliphatic carbocycles. The van der Waals surface area contributed by atoms with Gasteiger partial charge >= 0.3 is 0 Å². The lowest BCUT2D eigenvalue weighted by atomic mass is 10.1. The van der Waals surface area contributed by atoms with Crippen LogP contribution in [0.5, 0.6) is 5.75 Å². The van der Waals surface area contributed by atoms with Crippen molar-refractivity contribution in [3.63, 3.8) is 0 Å². The Kier molecular flexibility index (Phi) is 3.96. The second-order valence-electron chi connectivity index (χ2n) is 5.44. The van der Waals surface area contributed by atoms with Crippen molar-refractivity contribution in [1.82, 2.24) is 15.0 Å². The zero-order valence-electron chi connectivity index (χ0n) is 12.9. The molecule has 2 aromatic rings. The Labute approximate surface area is 132 Å². The molecule has 0 fully saturated rings. The van der Waals surface area contributed by atoms with E-state index in [-0.39, 0.29) is 24.5 Å². The van der Waals surface area contributed by atoms with Gasteiger partial charge in [0, 0.05) is 19.0 Å². The molecular weight excluding hydrogens is 298 g/mol. The van der Waals surface area contributed by atoms with Gasteiger partial charge in [0.15, 0.2) is 5.82 Å². The highest BCUT2D eigenvalue weighted by atomic mass is 16.5. The van der Waals surface area contributed by atoms with Crippen molar-refractivity contribution in [2.45, 2.75) is 32.9 Å². The van der Waals surface area contributed by atoms with Gasteiger partial charge in [-0.1, -0.05) is 0 Å². The first-order chi connectivity index (χ1) is 11.0. The normalized spacial score (nSPS) is 15.7. The summed E-state index contributed by atoms with van der Waals surface area (Å²) in [4.78, 5) is 24.2. The average molecular weight is 315 g/mol. The zero-order chi connectivity index (χ0) is 16.4. The summed E-state index contributed by atoms with van der Waals surface area (Å²) >= 11 is 0. The quantitative estimate of drug-likeness (QED) is 0.883. The van der Waals surface area contributed by atoms with E-state index in [4.69, 9.17) is 4.74 Å². The van der Waals surface area contributed by atoms with Gasteiger partial charge < -0.3 is 15.4 Å². The number of hydrogen-bond donors (Lipinski definition) is 2. The van der Waals surface area contributed by atoms with Crippen LogP contribution in [-0.4, -0.2) is 32.9 Å². The van der Waals surface area contributed by atoms with Crippen LogP contribution in [0, 0.1) is 0 Å². The summed E-state index contributed by atoms with van der Waals surface area (Å²) in [5, 5.41) is 13.2. The van der Waals surface area contributed by atoms with Gasteiger partial charge in [-0.25, -0.2) is 0 Å². The molecule has 3 rings (SSSR count). The first kappa shape index (κ1) is 15.0. The molecule has 8 heteroatoms. The van der Waals surface area contributed by atoms with Crippen LogP contribution in [-0.2, 0) is 22.6 Å². The number of rotatable bonds is 4. The molecule has 2 heterocycles. The molecule has 0 radical (unpaired) electrons. The molecule has 1 aromatic heterocycles. The Balaban J connectivity index is 1.60. The minimum absolute atomic E-state index is 0.0381. The van der Waals surface area contributed by atoms with Crippen molar-refractivity contribution in [1.29, 1.82) is 0 Å². The Morgan fingerprint density at radius 1 is 1.39 bits per heavy atom. The summed E-state index contributed by atoms with van der Waals surface area (Å²) in [7, 11) is 0. The predicted octanol–water partition coefficient (Wildman–Crippen LogP) is 1.20. The summed E-state index contributed by atoms with van der Waals surface area (Å²) in [5.74, 6) is 0.691. The third-order valence-electron chi connectivity index (χ3n) is 3.31. The topological polar surface area (TPSA) is 98.1 Å². The van der Waals surface area contributed by atoms with Crippen LogP contribution in [0.3, 0.4) is 0 Å². The number of hydrogen-bond acceptors (Lipinski definition) is 5. The number of fused-ring (bicyclic) bond motifs is 1. The Morgan fingerprint density at radius 3 is 3.00 bits per heavy atom. The number of amides is 2. The monoisotopic (exact) mass is 315 g/mol. The molecule has 1 atom stereocenters. The number of nitrogens with zero attached hydrogens (tertiary/aromatic N) is 3. The fourth-order valence-corrected chi connectivity index (χ4v) is 2.44. The molecular formula is C15H17N5O3. The van der Waals surface area contributed by atoms with Crippen LogP contribution < -0.4 is 15.4 Å². The second kappa shape index (κ2) is 6.07. The maximum Gasteiger partial charge on any atom is 0.247 e. The molecule has 1 aliphatic rings. The number of anilines is 2. The molecule has 0 bridgehead atoms. The van der Waals surface area contributed by atoms with Crippen molar-refractivity contribution in [3.05, 3.63) is 30.0 Å². The molecule has 1 unspecified atom stereocenters. The van der Waals surface area contributed by atoms with Crippen LogP contribution in [0.25, 0.3) is 0 Å². The summed E-state index contributed by atoms with van der Waals surface area (Å²) in [5.41, 5.74) is 1.79. The minimum atomic E-state index is -0.248. The van der Waals surface area contributed by atoms with E-state index in [1.807, 2.05) is 19.1 Å². The van der Waals surface area contributed by atoms with Gasteiger partial charge in [-0.05, 0) is 30.7 Å². The fourth-order valence-electron chi connectivity index (χ4n) is 2.44. The Morgan fingerprint density at radius 2 is 2.22 bits per heavy atom. The molecule has 1 aromatic carbocycles. The van der Waals surface area contributed by atoms with E-state index in [0.717, 1.165) is 17.7 Å². The molecule has 120 valence electrons. The molecule has 23 heavy (non-hydrogen) atoms. The van der Waals surface area contributed by atoms with Crippen molar-refractivity contribution in [3.8, 4) is 5.75 Å². The zero-order valence-corrected chi connectivity index (χ0v) is 12.9. The highest BCUT2D eigenvalue weighted by Crippen LogP contribution is 2.30. The van der Waals surface area contributed by atoms with Gasteiger partial charge in [-0.3, -0.25) is 9.59 Å². The smallest absolute Gasteiger partial charge is 0.247 e. The van der Waals surface area contributed by atoms with Crippen molar-refractivity contribution >= 4 is 23.3 Å². The number of benzene rings is 1. The van der Waals surface area contributed by atoms with Gasteiger partial charge in [-0.2, -0.15) is 9.90 Å². The third kappa shape index (κ3) is 3.65. The molecule has 8 nitrogen and oxygen atoms in total. The molecule has 0 saturated carbocycles. The van der Waals surface area contributed by atoms with Gasteiger partial charge in [0.1, 0.15) is 18.4 Å². The second-order valence-corrected chi connectivity index (χ2v) is 5.44. The summed E-state index contributed by atoms with van der Waals surface area (Å²) in [6.07, 6.45) is 2.39. The van der Waals surface area contributed by atoms with E-state index in [0.29, 0.717) is 11.5 Å². The standard InChI is InChI=1S/C15H17N5O3/c1-9-5-11-6-12(3-4-13(11)23-9)18-15(22)8-20-16-7-14(19-20)17-10(2)21/h3-4,6-7,9H,5,8H2,1-2H3,(H,18,22)(H,17,19,21). The highest BCUT2D eigenvalue weighted by molar-refractivity contribution is 5.90. The Hall–Kier alpha value is -2.90. The van der Waals surface area contributed by atoms with Crippen LogP contribution in [0.15, 0.2) is 24.4 Å². The molecule has 2 N–H and O–H groups in total. The maximum absolute atomic E-state index is 12.0. The number of carbonyl (C=O) groups is 2. The van der Waals surface area contributed by atoms with Gasteiger partial charge in [0.05, 0.1) is 6.20 Å². The summed E-state index contributed by atoms with van der Waals surface area (Å²) in [6.45, 7) is 3.35. The average Bonchev–Trinajstić information content (AvgIpc) is 3.03. The van der Waals surface area contributed by atoms with Gasteiger partial charge in [-0.15, -0.1) is 5.10 Å². The van der Waals surface area contributed by atoms with Crippen LogP contribution >= 0.6 is 0 Å². The SMILES string of the molecule is CC(=O)Nc1cnn(CC(=O)Nc2ccc3c(c2)CC(C)O3)n1. The number of carbonyl (C=O) groups excluding carboxylic acids is 2. The van der Waals surface area contributed by atoms with Crippen LogP contribution in [0.4, 0.5) is 11.5 Å². The van der Waals surface area contributed by atoms with Crippen LogP contribution in [0.2, 0.25) is 0 Å². The van der Waals surface area contributed by atoms with E-state index < -0.39 is 0 Å². The Bertz CT molecular complexity index is 755. The van der Waals surface area contributed by atoms with E-state index in [2.05, 4.69) is 20.8 Å². The molecule has 1 aliphatic heterocycles. The lowest BCUT2D eigenvalue weighted by Crippen LogP contribution is -2.20. The number of ether oxygens (including phenoxy) is 1. The van der Waals surface area contributed by atoms with Gasteiger partial charge in [0.2, 0.25) is 11.8 Å². The number of nitrogens with one attached hydrogen (secondary N) is 2. The lowest BCUT2D eigenvalue weighted by molar-refractivity contribution is -0.117. The summed E-state index contributed by atoms with van der Waals surface area (Å²) < 4.78 is 5.63. The van der Waals surface area contributed by atoms with Crippen molar-refractivity contribution in [2.24, 2.45) is 0 Å². The van der Waals surface area contributed by atoms with E-state index >= 15 is 0 Å². The predicted molar refractivity (Wildman–Crippen MR) is 83.2 cm³/mol. The fraction of sp³-hybridized carbons (Fsp3) is 0.333. The molecule has 0 spiro atoms. The van der Waals surface area contributed by atoms with E-state index in [9.17, 15) is 9.59 Å². The largest absolute Gasteiger partial charge is 0.490 e. The van der Waals surface area contributed by atoms with Crippen molar-refractivity contribution < 1.29 is 14.3 Å². The maximum atomic E-state index is 12.0. The van der Waals surface area contributed by atoms with E-state index in [1.54, 1.807) is 6.07 Å². The lowest BCUT2D eigenvalue weighted by Gasteiger charge is -2.06. The molecule has 2 amide bonds. The minimum Gasteiger partial charge on any atom is -0.490 e. The first-order valence-corrected chi connectivity index (χ1v) is 7.27. The van der Waals surface area contributed by atoms with Crippen LogP contribution in [0.1, 0.15) is 19.4 Å². The number of aromatic nitrogens is 3. The van der Waals surface area contributed by atoms with E-state index in [1.165, 1.54) is 17.9 Å². The summed E-state index contributed by atoms with van der Waals surface area (Å²) in [6, 6.07) is 5.57.